The summed E-state index contributed by atoms with van der Waals surface area (Å²) < 4.78 is 0. The highest BCUT2D eigenvalue weighted by Gasteiger charge is 2.30. The van der Waals surface area contributed by atoms with Gasteiger partial charge in [-0.05, 0) is 48.9 Å². The number of carbonyl (C=O) groups is 1. The molecule has 0 fully saturated rings. The first kappa shape index (κ1) is 13.1. The van der Waals surface area contributed by atoms with Crippen LogP contribution in [0.3, 0.4) is 0 Å². The normalized spacial score (nSPS) is 19.9. The maximum Gasteiger partial charge on any atom is 0.231 e. The third-order valence-electron chi connectivity index (χ3n) is 4.03. The van der Waals surface area contributed by atoms with Crippen LogP contribution in [0.4, 0.5) is 5.69 Å². The number of aliphatic hydroxyl groups excluding tert-OH is 1. The highest BCUT2D eigenvalue weighted by Crippen LogP contribution is 2.40. The van der Waals surface area contributed by atoms with E-state index in [0.717, 1.165) is 27.9 Å². The van der Waals surface area contributed by atoms with E-state index in [1.165, 1.54) is 0 Å². The van der Waals surface area contributed by atoms with Crippen LogP contribution in [0.1, 0.15) is 55.0 Å². The lowest BCUT2D eigenvalue weighted by molar-refractivity contribution is -0.116. The van der Waals surface area contributed by atoms with E-state index >= 15 is 0 Å². The van der Waals surface area contributed by atoms with Crippen LogP contribution in [0.25, 0.3) is 0 Å². The van der Waals surface area contributed by atoms with Crippen LogP contribution in [-0.2, 0) is 4.79 Å². The van der Waals surface area contributed by atoms with Gasteiger partial charge in [-0.15, -0.1) is 0 Å². The first-order valence-corrected chi connectivity index (χ1v) is 6.47. The zero-order valence-electron chi connectivity index (χ0n) is 11.7. The van der Waals surface area contributed by atoms with E-state index in [2.05, 4.69) is 5.32 Å². The summed E-state index contributed by atoms with van der Waals surface area (Å²) in [5.41, 5.74) is 5.04. The summed E-state index contributed by atoms with van der Waals surface area (Å²) in [6.45, 7) is 9.91. The molecule has 3 heteroatoms. The van der Waals surface area contributed by atoms with Crippen molar-refractivity contribution in [2.24, 2.45) is 5.92 Å². The van der Waals surface area contributed by atoms with Crippen molar-refractivity contribution >= 4 is 11.6 Å². The fourth-order valence-electron chi connectivity index (χ4n) is 2.51. The molecule has 98 valence electrons. The van der Waals surface area contributed by atoms with Gasteiger partial charge in [0.05, 0.1) is 12.0 Å². The average molecular weight is 247 g/mol. The van der Waals surface area contributed by atoms with Crippen LogP contribution in [0, 0.1) is 19.8 Å². The molecule has 2 atom stereocenters. The second-order valence-electron chi connectivity index (χ2n) is 5.58. The van der Waals surface area contributed by atoms with Crippen LogP contribution >= 0.6 is 0 Å². The molecule has 1 amide bonds. The molecule has 2 unspecified atom stereocenters. The van der Waals surface area contributed by atoms with E-state index in [0.29, 0.717) is 0 Å². The maximum atomic E-state index is 11.7. The number of carbonyl (C=O) groups excluding carboxylic acids is 1. The van der Waals surface area contributed by atoms with E-state index < -0.39 is 6.10 Å². The van der Waals surface area contributed by atoms with Gasteiger partial charge in [0.2, 0.25) is 5.91 Å². The highest BCUT2D eigenvalue weighted by atomic mass is 16.3. The van der Waals surface area contributed by atoms with Crippen LogP contribution in [-0.4, -0.2) is 11.0 Å². The Hall–Kier alpha value is -1.35. The lowest BCUT2D eigenvalue weighted by atomic mass is 9.88. The molecule has 0 radical (unpaired) electrons. The van der Waals surface area contributed by atoms with Gasteiger partial charge in [0.25, 0.3) is 0 Å². The summed E-state index contributed by atoms with van der Waals surface area (Å²) in [5, 5.41) is 13.2. The molecule has 0 saturated heterocycles. The molecule has 18 heavy (non-hydrogen) atoms. The summed E-state index contributed by atoms with van der Waals surface area (Å²) >= 11 is 0. The minimum atomic E-state index is -0.475. The van der Waals surface area contributed by atoms with E-state index in [-0.39, 0.29) is 17.7 Å². The summed E-state index contributed by atoms with van der Waals surface area (Å²) in [6.07, 6.45) is -0.475. The Balaban J connectivity index is 2.60. The number of aliphatic hydroxyl groups is 1. The Morgan fingerprint density at radius 3 is 2.44 bits per heavy atom. The number of benzene rings is 1. The molecular weight excluding hydrogens is 226 g/mol. The lowest BCUT2D eigenvalue weighted by Gasteiger charge is -2.21. The van der Waals surface area contributed by atoms with E-state index in [4.69, 9.17) is 0 Å². The van der Waals surface area contributed by atoms with Crippen LogP contribution in [0.5, 0.6) is 0 Å². The van der Waals surface area contributed by atoms with E-state index in [1.807, 2.05) is 40.7 Å². The molecule has 3 nitrogen and oxygen atoms in total. The lowest BCUT2D eigenvalue weighted by Crippen LogP contribution is -2.09. The first-order valence-electron chi connectivity index (χ1n) is 6.47. The van der Waals surface area contributed by atoms with Gasteiger partial charge < -0.3 is 10.4 Å². The molecular formula is C15H21NO2. The minimum Gasteiger partial charge on any atom is -0.388 e. The van der Waals surface area contributed by atoms with Crippen LogP contribution in [0.2, 0.25) is 0 Å². The summed E-state index contributed by atoms with van der Waals surface area (Å²) in [5.74, 6) is 0.0858. The molecule has 1 aromatic carbocycles. The van der Waals surface area contributed by atoms with E-state index in [9.17, 15) is 9.90 Å². The van der Waals surface area contributed by atoms with Crippen molar-refractivity contribution in [1.29, 1.82) is 0 Å². The number of hydrogen-bond acceptors (Lipinski definition) is 2. The third-order valence-corrected chi connectivity index (χ3v) is 4.03. The van der Waals surface area contributed by atoms with Gasteiger partial charge in [-0.1, -0.05) is 19.9 Å². The molecule has 0 spiro atoms. The highest BCUT2D eigenvalue weighted by molar-refractivity contribution is 6.03. The molecule has 1 aromatic rings. The number of nitrogens with one attached hydrogen (secondary N) is 1. The molecule has 2 N–H and O–H groups in total. The summed E-state index contributed by atoms with van der Waals surface area (Å²) in [7, 11) is 0. The van der Waals surface area contributed by atoms with Crippen molar-refractivity contribution < 1.29 is 9.90 Å². The monoisotopic (exact) mass is 247 g/mol. The zero-order valence-corrected chi connectivity index (χ0v) is 11.7. The Morgan fingerprint density at radius 1 is 1.28 bits per heavy atom. The van der Waals surface area contributed by atoms with Crippen molar-refractivity contribution in [3.05, 3.63) is 28.3 Å². The molecule has 1 aliphatic heterocycles. The number of fused-ring (bicyclic) bond motifs is 1. The molecule has 0 aliphatic carbocycles. The fraction of sp³-hybridized carbons (Fsp3) is 0.533. The predicted molar refractivity (Wildman–Crippen MR) is 72.8 cm³/mol. The average Bonchev–Trinajstić information content (AvgIpc) is 2.60. The van der Waals surface area contributed by atoms with Crippen molar-refractivity contribution in [3.63, 3.8) is 0 Å². The Morgan fingerprint density at radius 2 is 1.89 bits per heavy atom. The van der Waals surface area contributed by atoms with Gasteiger partial charge in [0, 0.05) is 5.69 Å². The Labute approximate surface area is 108 Å². The van der Waals surface area contributed by atoms with Crippen LogP contribution < -0.4 is 5.32 Å². The Kier molecular flexibility index (Phi) is 3.20. The molecule has 0 aromatic heterocycles. The predicted octanol–water partition coefficient (Wildman–Crippen LogP) is 3.05. The van der Waals surface area contributed by atoms with Gasteiger partial charge in [0.1, 0.15) is 0 Å². The van der Waals surface area contributed by atoms with Crippen molar-refractivity contribution in [1.82, 2.24) is 0 Å². The number of amides is 1. The molecule has 2 rings (SSSR count). The van der Waals surface area contributed by atoms with Crippen LogP contribution in [0.15, 0.2) is 6.07 Å². The fourth-order valence-corrected chi connectivity index (χ4v) is 2.51. The van der Waals surface area contributed by atoms with Gasteiger partial charge >= 0.3 is 0 Å². The van der Waals surface area contributed by atoms with Gasteiger partial charge in [-0.25, -0.2) is 0 Å². The van der Waals surface area contributed by atoms with Gasteiger partial charge in [0.15, 0.2) is 0 Å². The van der Waals surface area contributed by atoms with Crippen molar-refractivity contribution in [2.45, 2.75) is 46.6 Å². The van der Waals surface area contributed by atoms with Gasteiger partial charge in [-0.3, -0.25) is 4.79 Å². The Bertz CT molecular complexity index is 506. The molecule has 1 aliphatic rings. The quantitative estimate of drug-likeness (QED) is 0.844. The summed E-state index contributed by atoms with van der Waals surface area (Å²) in [6, 6.07) is 1.99. The smallest absolute Gasteiger partial charge is 0.231 e. The molecule has 0 saturated carbocycles. The standard InChI is InChI=1S/C15H21NO2/c1-7(2)14(17)12-6-11-10(5)15(18)16-13(11)9(4)8(12)3/h6-7,10,14,17H,1-5H3,(H,16,18). The van der Waals surface area contributed by atoms with Gasteiger partial charge in [-0.2, -0.15) is 0 Å². The summed E-state index contributed by atoms with van der Waals surface area (Å²) in [4.78, 5) is 11.7. The third kappa shape index (κ3) is 1.83. The second-order valence-corrected chi connectivity index (χ2v) is 5.58. The second kappa shape index (κ2) is 4.39. The van der Waals surface area contributed by atoms with Crippen molar-refractivity contribution in [3.8, 4) is 0 Å². The maximum absolute atomic E-state index is 11.7. The minimum absolute atomic E-state index is 0.0451. The SMILES string of the molecule is Cc1c(C(O)C(C)C)cc2c(c1C)NC(=O)C2C. The molecule has 0 bridgehead atoms. The zero-order chi connectivity index (χ0) is 13.6. The largest absolute Gasteiger partial charge is 0.388 e. The number of anilines is 1. The molecule has 1 heterocycles. The number of hydrogen-bond donors (Lipinski definition) is 2. The first-order chi connectivity index (χ1) is 8.34. The van der Waals surface area contributed by atoms with E-state index in [1.54, 1.807) is 0 Å². The van der Waals surface area contributed by atoms with Crippen molar-refractivity contribution in [2.75, 3.05) is 5.32 Å². The number of rotatable bonds is 2. The topological polar surface area (TPSA) is 49.3 Å².